The van der Waals surface area contributed by atoms with Crippen LogP contribution < -0.4 is 5.32 Å². The maximum atomic E-state index is 5.51. The van der Waals surface area contributed by atoms with Gasteiger partial charge in [0.25, 0.3) is 0 Å². The van der Waals surface area contributed by atoms with Crippen LogP contribution in [0, 0.1) is 0 Å². The topological polar surface area (TPSA) is 21.3 Å². The Balaban J connectivity index is 2.85. The molecule has 0 aliphatic carbocycles. The number of ether oxygens (including phenoxy) is 1. The molecule has 2 nitrogen and oxygen atoms in total. The summed E-state index contributed by atoms with van der Waals surface area (Å²) in [5.74, 6) is 0. The molecule has 0 aliphatic heterocycles. The fraction of sp³-hybridized carbons (Fsp3) is 0.600. The molecule has 1 aromatic rings. The summed E-state index contributed by atoms with van der Waals surface area (Å²) in [5.41, 5.74) is 1.22. The molecule has 0 aliphatic rings. The highest BCUT2D eigenvalue weighted by atomic mass is 79.9. The molecule has 0 bridgehead atoms. The Labute approximate surface area is 133 Å². The predicted octanol–water partition coefficient (Wildman–Crippen LogP) is 5.07. The number of rotatable bonds is 7. The Morgan fingerprint density at radius 1 is 1.32 bits per heavy atom. The first-order valence-electron chi connectivity index (χ1n) is 6.63. The van der Waals surface area contributed by atoms with E-state index in [4.69, 9.17) is 4.74 Å². The second-order valence-electron chi connectivity index (χ2n) is 5.28. The van der Waals surface area contributed by atoms with Crippen molar-refractivity contribution < 1.29 is 4.74 Å². The average molecular weight is 393 g/mol. The molecule has 0 saturated heterocycles. The quantitative estimate of drug-likeness (QED) is 0.699. The molecule has 1 N–H and O–H groups in total. The molecule has 19 heavy (non-hydrogen) atoms. The van der Waals surface area contributed by atoms with Crippen LogP contribution in [0.15, 0.2) is 27.1 Å². The Morgan fingerprint density at radius 2 is 2.00 bits per heavy atom. The molecule has 4 heteroatoms. The van der Waals surface area contributed by atoms with Crippen LogP contribution in [0.25, 0.3) is 0 Å². The van der Waals surface area contributed by atoms with Gasteiger partial charge in [-0.15, -0.1) is 0 Å². The van der Waals surface area contributed by atoms with Crippen LogP contribution in [0.3, 0.4) is 0 Å². The molecule has 1 aromatic carbocycles. The third-order valence-corrected chi connectivity index (χ3v) is 4.59. The molecule has 1 atom stereocenters. The molecule has 0 amide bonds. The lowest BCUT2D eigenvalue weighted by Crippen LogP contribution is -2.27. The number of benzene rings is 1. The van der Waals surface area contributed by atoms with E-state index in [1.54, 1.807) is 7.11 Å². The molecule has 0 spiro atoms. The molecule has 1 rings (SSSR count). The minimum absolute atomic E-state index is 0.0772. The summed E-state index contributed by atoms with van der Waals surface area (Å²) in [7, 11) is 1.78. The van der Waals surface area contributed by atoms with Crippen molar-refractivity contribution in [3.63, 3.8) is 0 Å². The largest absolute Gasteiger partial charge is 0.379 e. The van der Waals surface area contributed by atoms with E-state index in [1.807, 2.05) is 0 Å². The Bertz CT molecular complexity index is 407. The van der Waals surface area contributed by atoms with E-state index in [-0.39, 0.29) is 5.60 Å². The normalized spacial score (nSPS) is 13.6. The number of halogens is 2. The first-order valence-corrected chi connectivity index (χ1v) is 8.21. The predicted molar refractivity (Wildman–Crippen MR) is 88.6 cm³/mol. The monoisotopic (exact) mass is 391 g/mol. The first-order chi connectivity index (χ1) is 8.89. The van der Waals surface area contributed by atoms with Gasteiger partial charge in [-0.05, 0) is 57.0 Å². The van der Waals surface area contributed by atoms with Gasteiger partial charge in [0, 0.05) is 22.1 Å². The minimum Gasteiger partial charge on any atom is -0.379 e. The highest BCUT2D eigenvalue weighted by Crippen LogP contribution is 2.31. The van der Waals surface area contributed by atoms with Crippen molar-refractivity contribution in [1.29, 1.82) is 0 Å². The lowest BCUT2D eigenvalue weighted by atomic mass is 9.95. The van der Waals surface area contributed by atoms with Gasteiger partial charge >= 0.3 is 0 Å². The Hall–Kier alpha value is 0.1000. The lowest BCUT2D eigenvalue weighted by Gasteiger charge is -2.27. The van der Waals surface area contributed by atoms with Gasteiger partial charge in [-0.25, -0.2) is 0 Å². The third-order valence-electron chi connectivity index (χ3n) is 3.37. The van der Waals surface area contributed by atoms with Crippen molar-refractivity contribution in [1.82, 2.24) is 5.32 Å². The fourth-order valence-corrected chi connectivity index (χ4v) is 2.89. The summed E-state index contributed by atoms with van der Waals surface area (Å²) in [6.07, 6.45) is 2.06. The molecule has 0 radical (unpaired) electrons. The molecular weight excluding hydrogens is 370 g/mol. The zero-order chi connectivity index (χ0) is 14.5. The van der Waals surface area contributed by atoms with Crippen molar-refractivity contribution in [2.45, 2.75) is 45.3 Å². The summed E-state index contributed by atoms with van der Waals surface area (Å²) >= 11 is 7.19. The third kappa shape index (κ3) is 5.54. The number of hydrogen-bond acceptors (Lipinski definition) is 2. The van der Waals surface area contributed by atoms with Gasteiger partial charge in [-0.3, -0.25) is 0 Å². The van der Waals surface area contributed by atoms with E-state index < -0.39 is 0 Å². The van der Waals surface area contributed by atoms with Crippen LogP contribution in [0.5, 0.6) is 0 Å². The summed E-state index contributed by atoms with van der Waals surface area (Å²) in [6.45, 7) is 7.36. The zero-order valence-electron chi connectivity index (χ0n) is 12.1. The lowest BCUT2D eigenvalue weighted by molar-refractivity contribution is 0.0117. The summed E-state index contributed by atoms with van der Waals surface area (Å²) in [4.78, 5) is 0. The highest BCUT2D eigenvalue weighted by Gasteiger charge is 2.21. The minimum atomic E-state index is -0.0772. The van der Waals surface area contributed by atoms with Crippen LogP contribution in [-0.4, -0.2) is 19.3 Å². The van der Waals surface area contributed by atoms with Crippen LogP contribution in [-0.2, 0) is 4.74 Å². The fourth-order valence-electron chi connectivity index (χ4n) is 1.99. The SMILES string of the molecule is CCNC(CCC(C)(C)OC)c1cc(Br)ccc1Br. The smallest absolute Gasteiger partial charge is 0.0623 e. The average Bonchev–Trinajstić information content (AvgIpc) is 2.37. The second kappa shape index (κ2) is 7.77. The maximum Gasteiger partial charge on any atom is 0.0623 e. The summed E-state index contributed by atoms with van der Waals surface area (Å²) in [5, 5.41) is 3.56. The van der Waals surface area contributed by atoms with Crippen molar-refractivity contribution in [2.75, 3.05) is 13.7 Å². The molecule has 0 aromatic heterocycles. The van der Waals surface area contributed by atoms with Crippen molar-refractivity contribution >= 4 is 31.9 Å². The number of nitrogens with one attached hydrogen (secondary N) is 1. The van der Waals surface area contributed by atoms with Crippen LogP contribution in [0.2, 0.25) is 0 Å². The van der Waals surface area contributed by atoms with Gasteiger partial charge in [-0.2, -0.15) is 0 Å². The molecular formula is C15H23Br2NO. The van der Waals surface area contributed by atoms with Gasteiger partial charge in [0.1, 0.15) is 0 Å². The van der Waals surface area contributed by atoms with E-state index in [0.717, 1.165) is 28.3 Å². The van der Waals surface area contributed by atoms with E-state index >= 15 is 0 Å². The van der Waals surface area contributed by atoms with E-state index in [1.165, 1.54) is 5.56 Å². The molecule has 0 heterocycles. The van der Waals surface area contributed by atoms with Gasteiger partial charge in [-0.1, -0.05) is 38.8 Å². The molecule has 0 fully saturated rings. The van der Waals surface area contributed by atoms with Crippen LogP contribution in [0.1, 0.15) is 45.2 Å². The Morgan fingerprint density at radius 3 is 2.58 bits per heavy atom. The maximum absolute atomic E-state index is 5.51. The van der Waals surface area contributed by atoms with Crippen LogP contribution >= 0.6 is 31.9 Å². The molecule has 108 valence electrons. The number of hydrogen-bond donors (Lipinski definition) is 1. The Kier molecular flexibility index (Phi) is 7.01. The van der Waals surface area contributed by atoms with E-state index in [0.29, 0.717) is 6.04 Å². The van der Waals surface area contributed by atoms with Gasteiger partial charge in [0.2, 0.25) is 0 Å². The van der Waals surface area contributed by atoms with Crippen molar-refractivity contribution in [3.8, 4) is 0 Å². The number of methoxy groups -OCH3 is 1. The summed E-state index contributed by atoms with van der Waals surface area (Å²) < 4.78 is 7.77. The van der Waals surface area contributed by atoms with Crippen molar-refractivity contribution in [3.05, 3.63) is 32.7 Å². The van der Waals surface area contributed by atoms with E-state index in [2.05, 4.69) is 76.1 Å². The highest BCUT2D eigenvalue weighted by molar-refractivity contribution is 9.11. The zero-order valence-corrected chi connectivity index (χ0v) is 15.3. The van der Waals surface area contributed by atoms with Gasteiger partial charge in [0.05, 0.1) is 5.60 Å². The standard InChI is InChI=1S/C15H23Br2NO/c1-5-18-14(8-9-15(2,3)19-4)12-10-11(16)6-7-13(12)17/h6-7,10,14,18H,5,8-9H2,1-4H3. The molecule has 1 unspecified atom stereocenters. The first kappa shape index (κ1) is 17.2. The molecule has 0 saturated carbocycles. The van der Waals surface area contributed by atoms with E-state index in [9.17, 15) is 0 Å². The van der Waals surface area contributed by atoms with Gasteiger partial charge in [0.15, 0.2) is 0 Å². The van der Waals surface area contributed by atoms with Crippen LogP contribution in [0.4, 0.5) is 0 Å². The van der Waals surface area contributed by atoms with Gasteiger partial charge < -0.3 is 10.1 Å². The second-order valence-corrected chi connectivity index (χ2v) is 7.05. The van der Waals surface area contributed by atoms with Crippen molar-refractivity contribution in [2.24, 2.45) is 0 Å². The summed E-state index contributed by atoms with van der Waals surface area (Å²) in [6, 6.07) is 6.66.